The number of hydrogen-bond acceptors (Lipinski definition) is 5. The third kappa shape index (κ3) is 4.31. The van der Waals surface area contributed by atoms with Gasteiger partial charge in [-0.1, -0.05) is 49.9 Å². The van der Waals surface area contributed by atoms with Crippen LogP contribution in [0.3, 0.4) is 0 Å². The molecule has 140 valence electrons. The Hall–Kier alpha value is -2.38. The van der Waals surface area contributed by atoms with Crippen LogP contribution in [0.2, 0.25) is 0 Å². The van der Waals surface area contributed by atoms with Crippen LogP contribution in [0.25, 0.3) is 10.2 Å². The molecule has 27 heavy (non-hydrogen) atoms. The van der Waals surface area contributed by atoms with Crippen molar-refractivity contribution < 1.29 is 4.79 Å². The standard InChI is InChI=1S/C20H21N3O2S2/c1-4-10-23-19(25)15-9-11-26-18(15)22-20(23)27-12-17(24)21-16-8-6-5-7-14(16)13(2)3/h4-9,11,13H,1,10,12H2,2-3H3,(H,21,24). The third-order valence-corrected chi connectivity index (χ3v) is 5.83. The molecule has 3 rings (SSSR count). The summed E-state index contributed by atoms with van der Waals surface area (Å²) in [6, 6.07) is 9.57. The molecule has 0 saturated carbocycles. The highest BCUT2D eigenvalue weighted by Gasteiger charge is 2.14. The molecule has 0 spiro atoms. The fraction of sp³-hybridized carbons (Fsp3) is 0.250. The molecular weight excluding hydrogens is 378 g/mol. The first-order valence-electron chi connectivity index (χ1n) is 8.61. The lowest BCUT2D eigenvalue weighted by molar-refractivity contribution is -0.113. The Bertz CT molecular complexity index is 1040. The lowest BCUT2D eigenvalue weighted by Gasteiger charge is -2.14. The SMILES string of the molecule is C=CCn1c(SCC(=O)Nc2ccccc2C(C)C)nc2sccc2c1=O. The predicted molar refractivity (Wildman–Crippen MR) is 114 cm³/mol. The smallest absolute Gasteiger partial charge is 0.263 e. The zero-order chi connectivity index (χ0) is 19.4. The molecule has 0 aliphatic carbocycles. The number of aromatic nitrogens is 2. The molecule has 1 amide bonds. The van der Waals surface area contributed by atoms with E-state index in [0.29, 0.717) is 27.8 Å². The molecule has 1 N–H and O–H groups in total. The van der Waals surface area contributed by atoms with E-state index < -0.39 is 0 Å². The second kappa shape index (κ2) is 8.54. The number of thioether (sulfide) groups is 1. The zero-order valence-electron chi connectivity index (χ0n) is 15.3. The summed E-state index contributed by atoms with van der Waals surface area (Å²) in [5, 5.41) is 5.94. The molecule has 2 aromatic heterocycles. The number of fused-ring (bicyclic) bond motifs is 1. The Morgan fingerprint density at radius 3 is 2.89 bits per heavy atom. The normalized spacial score (nSPS) is 11.1. The van der Waals surface area contributed by atoms with Crippen molar-refractivity contribution >= 4 is 44.9 Å². The fourth-order valence-electron chi connectivity index (χ4n) is 2.76. The molecule has 3 aromatic rings. The van der Waals surface area contributed by atoms with Crippen LogP contribution in [0, 0.1) is 0 Å². The van der Waals surface area contributed by atoms with Crippen LogP contribution >= 0.6 is 23.1 Å². The second-order valence-corrected chi connectivity index (χ2v) is 8.15. The van der Waals surface area contributed by atoms with Gasteiger partial charge in [0.05, 0.1) is 11.1 Å². The van der Waals surface area contributed by atoms with Crippen LogP contribution in [-0.4, -0.2) is 21.2 Å². The summed E-state index contributed by atoms with van der Waals surface area (Å²) in [5.74, 6) is 0.362. The van der Waals surface area contributed by atoms with Gasteiger partial charge in [-0.2, -0.15) is 0 Å². The maximum Gasteiger partial charge on any atom is 0.263 e. The van der Waals surface area contributed by atoms with E-state index in [9.17, 15) is 9.59 Å². The molecule has 0 saturated heterocycles. The first kappa shape index (κ1) is 19.4. The quantitative estimate of drug-likeness (QED) is 0.361. The number of amides is 1. The van der Waals surface area contributed by atoms with Gasteiger partial charge in [0.15, 0.2) is 5.16 Å². The molecule has 1 aromatic carbocycles. The number of anilines is 1. The van der Waals surface area contributed by atoms with Gasteiger partial charge in [0.25, 0.3) is 5.56 Å². The zero-order valence-corrected chi connectivity index (χ0v) is 16.9. The van der Waals surface area contributed by atoms with Crippen LogP contribution < -0.4 is 10.9 Å². The van der Waals surface area contributed by atoms with Crippen molar-refractivity contribution in [1.29, 1.82) is 0 Å². The van der Waals surface area contributed by atoms with Crippen LogP contribution in [0.5, 0.6) is 0 Å². The highest BCUT2D eigenvalue weighted by molar-refractivity contribution is 7.99. The van der Waals surface area contributed by atoms with Crippen molar-refractivity contribution in [2.45, 2.75) is 31.5 Å². The minimum Gasteiger partial charge on any atom is -0.325 e. The van der Waals surface area contributed by atoms with Crippen LogP contribution in [0.1, 0.15) is 25.3 Å². The molecule has 0 radical (unpaired) electrons. The highest BCUT2D eigenvalue weighted by atomic mass is 32.2. The molecule has 2 heterocycles. The number of carbonyl (C=O) groups excluding carboxylic acids is 1. The van der Waals surface area contributed by atoms with E-state index in [-0.39, 0.29) is 17.2 Å². The number of hydrogen-bond donors (Lipinski definition) is 1. The Balaban J connectivity index is 1.78. The van der Waals surface area contributed by atoms with Gasteiger partial charge < -0.3 is 5.32 Å². The minimum absolute atomic E-state index is 0.103. The maximum absolute atomic E-state index is 12.6. The average molecular weight is 400 g/mol. The lowest BCUT2D eigenvalue weighted by Crippen LogP contribution is -2.23. The highest BCUT2D eigenvalue weighted by Crippen LogP contribution is 2.25. The summed E-state index contributed by atoms with van der Waals surface area (Å²) in [6.45, 7) is 8.25. The molecule has 0 aliphatic rings. The lowest BCUT2D eigenvalue weighted by atomic mass is 10.0. The Labute approximate surface area is 166 Å². The summed E-state index contributed by atoms with van der Waals surface area (Å²) in [4.78, 5) is 30.3. The van der Waals surface area contributed by atoms with Crippen molar-refractivity contribution in [2.24, 2.45) is 0 Å². The maximum atomic E-state index is 12.6. The van der Waals surface area contributed by atoms with Gasteiger partial charge in [-0.05, 0) is 29.0 Å². The molecule has 5 nitrogen and oxygen atoms in total. The third-order valence-electron chi connectivity index (χ3n) is 4.05. The van der Waals surface area contributed by atoms with Gasteiger partial charge in [-0.3, -0.25) is 14.2 Å². The summed E-state index contributed by atoms with van der Waals surface area (Å²) in [5.41, 5.74) is 1.81. The largest absolute Gasteiger partial charge is 0.325 e. The van der Waals surface area contributed by atoms with Gasteiger partial charge in [-0.15, -0.1) is 17.9 Å². The van der Waals surface area contributed by atoms with Crippen molar-refractivity contribution in [3.8, 4) is 0 Å². The predicted octanol–water partition coefficient (Wildman–Crippen LogP) is 4.50. The van der Waals surface area contributed by atoms with Gasteiger partial charge in [0.2, 0.25) is 5.91 Å². The Kier molecular flexibility index (Phi) is 6.13. The number of para-hydroxylation sites is 1. The topological polar surface area (TPSA) is 64.0 Å². The van der Waals surface area contributed by atoms with Gasteiger partial charge in [-0.25, -0.2) is 4.98 Å². The molecule has 0 aliphatic heterocycles. The Morgan fingerprint density at radius 1 is 1.37 bits per heavy atom. The van der Waals surface area contributed by atoms with Crippen molar-refractivity contribution in [3.05, 3.63) is 64.3 Å². The van der Waals surface area contributed by atoms with Crippen LogP contribution in [0.4, 0.5) is 5.69 Å². The monoisotopic (exact) mass is 399 g/mol. The van der Waals surface area contributed by atoms with E-state index in [0.717, 1.165) is 11.3 Å². The van der Waals surface area contributed by atoms with Gasteiger partial charge in [0.1, 0.15) is 4.83 Å². The number of benzene rings is 1. The van der Waals surface area contributed by atoms with E-state index >= 15 is 0 Å². The van der Waals surface area contributed by atoms with E-state index in [4.69, 9.17) is 0 Å². The van der Waals surface area contributed by atoms with Gasteiger partial charge in [0, 0.05) is 12.2 Å². The van der Waals surface area contributed by atoms with Crippen molar-refractivity contribution in [3.63, 3.8) is 0 Å². The van der Waals surface area contributed by atoms with Crippen molar-refractivity contribution in [1.82, 2.24) is 9.55 Å². The first-order chi connectivity index (χ1) is 13.0. The fourth-order valence-corrected chi connectivity index (χ4v) is 4.37. The number of nitrogens with one attached hydrogen (secondary N) is 1. The molecule has 0 unspecified atom stereocenters. The molecular formula is C20H21N3O2S2. The average Bonchev–Trinajstić information content (AvgIpc) is 3.12. The molecule has 0 bridgehead atoms. The molecule has 0 fully saturated rings. The summed E-state index contributed by atoms with van der Waals surface area (Å²) in [6.07, 6.45) is 1.66. The number of carbonyl (C=O) groups is 1. The van der Waals surface area contributed by atoms with E-state index in [1.54, 1.807) is 16.7 Å². The molecule has 7 heteroatoms. The van der Waals surface area contributed by atoms with Crippen LogP contribution in [-0.2, 0) is 11.3 Å². The second-order valence-electron chi connectivity index (χ2n) is 6.32. The number of thiophene rings is 1. The Morgan fingerprint density at radius 2 is 2.15 bits per heavy atom. The van der Waals surface area contributed by atoms with Crippen molar-refractivity contribution in [2.75, 3.05) is 11.1 Å². The minimum atomic E-state index is -0.126. The molecule has 0 atom stereocenters. The van der Waals surface area contributed by atoms with E-state index in [1.165, 1.54) is 23.1 Å². The first-order valence-corrected chi connectivity index (χ1v) is 10.5. The van der Waals surface area contributed by atoms with Crippen LogP contribution in [0.15, 0.2) is 58.3 Å². The number of nitrogens with zero attached hydrogens (tertiary/aromatic N) is 2. The summed E-state index contributed by atoms with van der Waals surface area (Å²) < 4.78 is 1.56. The number of rotatable bonds is 7. The summed E-state index contributed by atoms with van der Waals surface area (Å²) in [7, 11) is 0. The number of allylic oxidation sites excluding steroid dienone is 1. The van der Waals surface area contributed by atoms with E-state index in [1.807, 2.05) is 29.6 Å². The van der Waals surface area contributed by atoms with E-state index in [2.05, 4.69) is 30.7 Å². The van der Waals surface area contributed by atoms with Gasteiger partial charge >= 0.3 is 0 Å². The summed E-state index contributed by atoms with van der Waals surface area (Å²) >= 11 is 2.68.